The van der Waals surface area contributed by atoms with Gasteiger partial charge < -0.3 is 9.64 Å². The quantitative estimate of drug-likeness (QED) is 0.629. The van der Waals surface area contributed by atoms with Crippen molar-refractivity contribution in [2.75, 3.05) is 25.6 Å². The SMILES string of the molecule is COC(=O)c1ccc2c(c1)CCN2C. The molecule has 14 heavy (non-hydrogen) atoms. The van der Waals surface area contributed by atoms with Gasteiger partial charge in [0.1, 0.15) is 0 Å². The second-order valence-electron chi connectivity index (χ2n) is 3.51. The molecule has 0 aliphatic carbocycles. The zero-order chi connectivity index (χ0) is 10.1. The molecule has 0 atom stereocenters. The topological polar surface area (TPSA) is 29.5 Å². The molecular formula is C11H13NO2. The monoisotopic (exact) mass is 191 g/mol. The van der Waals surface area contributed by atoms with Crippen LogP contribution in [0.1, 0.15) is 15.9 Å². The molecule has 1 aliphatic heterocycles. The van der Waals surface area contributed by atoms with Crippen molar-refractivity contribution in [2.24, 2.45) is 0 Å². The van der Waals surface area contributed by atoms with Crippen LogP contribution in [0, 0.1) is 0 Å². The number of carbonyl (C=O) groups excluding carboxylic acids is 1. The van der Waals surface area contributed by atoms with Gasteiger partial charge in [0.25, 0.3) is 0 Å². The molecule has 1 aromatic carbocycles. The van der Waals surface area contributed by atoms with Gasteiger partial charge in [-0.1, -0.05) is 0 Å². The lowest BCUT2D eigenvalue weighted by molar-refractivity contribution is 0.0600. The summed E-state index contributed by atoms with van der Waals surface area (Å²) in [7, 11) is 3.46. The van der Waals surface area contributed by atoms with Crippen molar-refractivity contribution in [2.45, 2.75) is 6.42 Å². The van der Waals surface area contributed by atoms with E-state index >= 15 is 0 Å². The third-order valence-corrected chi connectivity index (χ3v) is 2.63. The van der Waals surface area contributed by atoms with Crippen LogP contribution >= 0.6 is 0 Å². The van der Waals surface area contributed by atoms with Gasteiger partial charge in [0.15, 0.2) is 0 Å². The van der Waals surface area contributed by atoms with Gasteiger partial charge in [-0.15, -0.1) is 0 Å². The number of benzene rings is 1. The fraction of sp³-hybridized carbons (Fsp3) is 0.364. The van der Waals surface area contributed by atoms with Gasteiger partial charge in [-0.3, -0.25) is 0 Å². The fourth-order valence-electron chi connectivity index (χ4n) is 1.81. The highest BCUT2D eigenvalue weighted by Crippen LogP contribution is 2.27. The summed E-state index contributed by atoms with van der Waals surface area (Å²) in [5, 5.41) is 0. The summed E-state index contributed by atoms with van der Waals surface area (Å²) >= 11 is 0. The number of hydrogen-bond donors (Lipinski definition) is 0. The van der Waals surface area contributed by atoms with Crippen molar-refractivity contribution < 1.29 is 9.53 Å². The van der Waals surface area contributed by atoms with Crippen LogP contribution in [-0.4, -0.2) is 26.7 Å². The highest BCUT2D eigenvalue weighted by molar-refractivity contribution is 5.90. The summed E-state index contributed by atoms with van der Waals surface area (Å²) in [5.41, 5.74) is 3.09. The number of esters is 1. The summed E-state index contributed by atoms with van der Waals surface area (Å²) in [4.78, 5) is 13.4. The van der Waals surface area contributed by atoms with Gasteiger partial charge in [-0.05, 0) is 30.2 Å². The smallest absolute Gasteiger partial charge is 0.337 e. The van der Waals surface area contributed by atoms with E-state index in [4.69, 9.17) is 0 Å². The van der Waals surface area contributed by atoms with Crippen LogP contribution < -0.4 is 4.90 Å². The van der Waals surface area contributed by atoms with E-state index in [0.717, 1.165) is 13.0 Å². The molecule has 0 amide bonds. The molecule has 0 radical (unpaired) electrons. The molecule has 0 saturated carbocycles. The van der Waals surface area contributed by atoms with Crippen LogP contribution in [0.5, 0.6) is 0 Å². The third-order valence-electron chi connectivity index (χ3n) is 2.63. The Hall–Kier alpha value is -1.51. The zero-order valence-electron chi connectivity index (χ0n) is 8.41. The number of nitrogens with zero attached hydrogens (tertiary/aromatic N) is 1. The van der Waals surface area contributed by atoms with Gasteiger partial charge in [-0.25, -0.2) is 4.79 Å². The second kappa shape index (κ2) is 3.33. The molecule has 2 rings (SSSR count). The maximum atomic E-state index is 11.3. The number of methoxy groups -OCH3 is 1. The molecule has 74 valence electrons. The number of ether oxygens (including phenoxy) is 1. The Morgan fingerprint density at radius 3 is 3.00 bits per heavy atom. The van der Waals surface area contributed by atoms with Gasteiger partial charge in [0, 0.05) is 19.3 Å². The van der Waals surface area contributed by atoms with Gasteiger partial charge >= 0.3 is 5.97 Å². The zero-order valence-corrected chi connectivity index (χ0v) is 8.41. The van der Waals surface area contributed by atoms with E-state index < -0.39 is 0 Å². The highest BCUT2D eigenvalue weighted by Gasteiger charge is 2.17. The minimum atomic E-state index is -0.262. The first-order chi connectivity index (χ1) is 6.72. The number of carbonyl (C=O) groups is 1. The lowest BCUT2D eigenvalue weighted by atomic mass is 10.1. The fourth-order valence-corrected chi connectivity index (χ4v) is 1.81. The van der Waals surface area contributed by atoms with E-state index in [1.54, 1.807) is 0 Å². The highest BCUT2D eigenvalue weighted by atomic mass is 16.5. The molecule has 1 aliphatic rings. The second-order valence-corrected chi connectivity index (χ2v) is 3.51. The summed E-state index contributed by atoms with van der Waals surface area (Å²) in [6.07, 6.45) is 1.01. The van der Waals surface area contributed by atoms with E-state index in [9.17, 15) is 4.79 Å². The molecular weight excluding hydrogens is 178 g/mol. The maximum absolute atomic E-state index is 11.3. The molecule has 0 fully saturated rings. The Morgan fingerprint density at radius 2 is 2.29 bits per heavy atom. The van der Waals surface area contributed by atoms with Crippen molar-refractivity contribution in [1.82, 2.24) is 0 Å². The standard InChI is InChI=1S/C11H13NO2/c1-12-6-5-8-7-9(11(13)14-2)3-4-10(8)12/h3-4,7H,5-6H2,1-2H3. The van der Waals surface area contributed by atoms with Crippen molar-refractivity contribution in [3.05, 3.63) is 29.3 Å². The average molecular weight is 191 g/mol. The van der Waals surface area contributed by atoms with E-state index in [1.807, 2.05) is 18.2 Å². The minimum Gasteiger partial charge on any atom is -0.465 e. The Bertz CT molecular complexity index is 374. The molecule has 0 unspecified atom stereocenters. The first-order valence-electron chi connectivity index (χ1n) is 4.65. The molecule has 3 heteroatoms. The number of likely N-dealkylation sites (N-methyl/N-ethyl adjacent to an activating group) is 1. The number of hydrogen-bond acceptors (Lipinski definition) is 3. The van der Waals surface area contributed by atoms with Crippen molar-refractivity contribution in [3.63, 3.8) is 0 Å². The maximum Gasteiger partial charge on any atom is 0.337 e. The molecule has 1 heterocycles. The Balaban J connectivity index is 2.37. The van der Waals surface area contributed by atoms with Crippen molar-refractivity contribution in [1.29, 1.82) is 0 Å². The molecule has 0 spiro atoms. The molecule has 3 nitrogen and oxygen atoms in total. The van der Waals surface area contributed by atoms with Crippen LogP contribution in [0.25, 0.3) is 0 Å². The Kier molecular flexibility index (Phi) is 2.15. The van der Waals surface area contributed by atoms with Gasteiger partial charge in [-0.2, -0.15) is 0 Å². The molecule has 1 aromatic rings. The van der Waals surface area contributed by atoms with Crippen LogP contribution in [0.3, 0.4) is 0 Å². The number of fused-ring (bicyclic) bond motifs is 1. The largest absolute Gasteiger partial charge is 0.465 e. The first-order valence-corrected chi connectivity index (χ1v) is 4.65. The summed E-state index contributed by atoms with van der Waals surface area (Å²) < 4.78 is 4.67. The number of anilines is 1. The van der Waals surface area contributed by atoms with Crippen LogP contribution in [0.4, 0.5) is 5.69 Å². The van der Waals surface area contributed by atoms with Crippen LogP contribution in [-0.2, 0) is 11.2 Å². The van der Waals surface area contributed by atoms with E-state index in [1.165, 1.54) is 18.4 Å². The number of rotatable bonds is 1. The van der Waals surface area contributed by atoms with Crippen molar-refractivity contribution >= 4 is 11.7 Å². The lowest BCUT2D eigenvalue weighted by Gasteiger charge is -2.11. The van der Waals surface area contributed by atoms with Crippen molar-refractivity contribution in [3.8, 4) is 0 Å². The van der Waals surface area contributed by atoms with E-state index in [2.05, 4.69) is 16.7 Å². The molecule has 0 bridgehead atoms. The predicted molar refractivity (Wildman–Crippen MR) is 54.8 cm³/mol. The van der Waals surface area contributed by atoms with Gasteiger partial charge in [0.2, 0.25) is 0 Å². The molecule has 0 saturated heterocycles. The van der Waals surface area contributed by atoms with E-state index in [0.29, 0.717) is 5.56 Å². The normalized spacial score (nSPS) is 14.0. The Morgan fingerprint density at radius 1 is 1.50 bits per heavy atom. The summed E-state index contributed by atoms with van der Waals surface area (Å²) in [5.74, 6) is -0.262. The van der Waals surface area contributed by atoms with Gasteiger partial charge in [0.05, 0.1) is 12.7 Å². The third kappa shape index (κ3) is 1.35. The van der Waals surface area contributed by atoms with Crippen LogP contribution in [0.2, 0.25) is 0 Å². The molecule has 0 aromatic heterocycles. The summed E-state index contributed by atoms with van der Waals surface area (Å²) in [6, 6.07) is 5.71. The van der Waals surface area contributed by atoms with E-state index in [-0.39, 0.29) is 5.97 Å². The average Bonchev–Trinajstić information content (AvgIpc) is 2.59. The Labute approximate surface area is 83.3 Å². The first kappa shape index (κ1) is 9.06. The minimum absolute atomic E-state index is 0.262. The lowest BCUT2D eigenvalue weighted by Crippen LogP contribution is -2.12. The molecule has 0 N–H and O–H groups in total. The summed E-state index contributed by atoms with van der Waals surface area (Å²) in [6.45, 7) is 1.03. The van der Waals surface area contributed by atoms with Crippen LogP contribution in [0.15, 0.2) is 18.2 Å². The predicted octanol–water partition coefficient (Wildman–Crippen LogP) is 1.47.